The predicted molar refractivity (Wildman–Crippen MR) is 74.4 cm³/mol. The van der Waals surface area contributed by atoms with E-state index >= 15 is 0 Å². The van der Waals surface area contributed by atoms with Crippen LogP contribution in [-0.2, 0) is 6.61 Å². The average molecular weight is 291 g/mol. The zero-order valence-electron chi connectivity index (χ0n) is 10.0. The monoisotopic (exact) mass is 290 g/mol. The van der Waals surface area contributed by atoms with E-state index in [2.05, 4.69) is 54.0 Å². The first kappa shape index (κ1) is 12.2. The predicted octanol–water partition coefficient (Wildman–Crippen LogP) is 4.64. The summed E-state index contributed by atoms with van der Waals surface area (Å²) in [6.45, 7) is 4.76. The van der Waals surface area contributed by atoms with Crippen molar-refractivity contribution in [3.05, 3.63) is 63.6 Å². The summed E-state index contributed by atoms with van der Waals surface area (Å²) in [5.74, 6) is 0.923. The molecule has 88 valence electrons. The van der Waals surface area contributed by atoms with Crippen LogP contribution >= 0.6 is 15.9 Å². The molecule has 2 aromatic rings. The van der Waals surface area contributed by atoms with E-state index in [-0.39, 0.29) is 0 Å². The van der Waals surface area contributed by atoms with E-state index in [1.807, 2.05) is 18.2 Å². The molecule has 0 saturated heterocycles. The lowest BCUT2D eigenvalue weighted by Crippen LogP contribution is -1.96. The smallest absolute Gasteiger partial charge is 0.120 e. The molecule has 0 aliphatic carbocycles. The van der Waals surface area contributed by atoms with Crippen molar-refractivity contribution in [1.29, 1.82) is 0 Å². The maximum atomic E-state index is 5.79. The van der Waals surface area contributed by atoms with Gasteiger partial charge in [0.25, 0.3) is 0 Å². The summed E-state index contributed by atoms with van der Waals surface area (Å²) in [6.07, 6.45) is 0. The van der Waals surface area contributed by atoms with Gasteiger partial charge in [-0.15, -0.1) is 0 Å². The second-order valence-electron chi connectivity index (χ2n) is 4.15. The molecule has 0 heterocycles. The molecule has 0 amide bonds. The summed E-state index contributed by atoms with van der Waals surface area (Å²) in [5.41, 5.74) is 3.59. The van der Waals surface area contributed by atoms with Crippen molar-refractivity contribution >= 4 is 15.9 Å². The lowest BCUT2D eigenvalue weighted by molar-refractivity contribution is 0.306. The van der Waals surface area contributed by atoms with Gasteiger partial charge in [-0.05, 0) is 42.7 Å². The molecular weight excluding hydrogens is 276 g/mol. The molecule has 0 aliphatic heterocycles. The van der Waals surface area contributed by atoms with Crippen molar-refractivity contribution in [3.8, 4) is 5.75 Å². The normalized spacial score (nSPS) is 10.3. The van der Waals surface area contributed by atoms with E-state index in [0.29, 0.717) is 6.61 Å². The molecule has 2 heteroatoms. The molecule has 2 aromatic carbocycles. The minimum Gasteiger partial charge on any atom is -0.489 e. The van der Waals surface area contributed by atoms with Gasteiger partial charge in [0.15, 0.2) is 0 Å². The zero-order chi connectivity index (χ0) is 12.3. The summed E-state index contributed by atoms with van der Waals surface area (Å²) in [6, 6.07) is 14.3. The summed E-state index contributed by atoms with van der Waals surface area (Å²) in [4.78, 5) is 0. The topological polar surface area (TPSA) is 9.23 Å². The van der Waals surface area contributed by atoms with Crippen LogP contribution in [0.4, 0.5) is 0 Å². The molecule has 0 bridgehead atoms. The largest absolute Gasteiger partial charge is 0.489 e. The Morgan fingerprint density at radius 3 is 2.18 bits per heavy atom. The molecule has 0 saturated carbocycles. The second-order valence-corrected chi connectivity index (χ2v) is 4.94. The molecule has 0 aliphatic rings. The highest BCUT2D eigenvalue weighted by molar-refractivity contribution is 9.10. The van der Waals surface area contributed by atoms with Gasteiger partial charge in [-0.25, -0.2) is 0 Å². The quantitative estimate of drug-likeness (QED) is 0.800. The Kier molecular flexibility index (Phi) is 3.85. The van der Waals surface area contributed by atoms with Crippen molar-refractivity contribution < 1.29 is 4.74 Å². The van der Waals surface area contributed by atoms with Crippen LogP contribution in [0.1, 0.15) is 16.7 Å². The van der Waals surface area contributed by atoms with E-state index < -0.39 is 0 Å². The second kappa shape index (κ2) is 5.37. The van der Waals surface area contributed by atoms with Crippen LogP contribution in [0.5, 0.6) is 5.75 Å². The maximum absolute atomic E-state index is 5.79. The first-order chi connectivity index (χ1) is 8.16. The molecule has 0 spiro atoms. The Morgan fingerprint density at radius 1 is 1.00 bits per heavy atom. The van der Waals surface area contributed by atoms with Crippen molar-refractivity contribution in [2.24, 2.45) is 0 Å². The molecule has 1 nitrogen and oxygen atoms in total. The molecule has 0 aromatic heterocycles. The first-order valence-corrected chi connectivity index (χ1v) is 6.39. The number of halogens is 1. The minimum atomic E-state index is 0.612. The summed E-state index contributed by atoms with van der Waals surface area (Å²) in [5, 5.41) is 0. The molecule has 2 rings (SSSR count). The fraction of sp³-hybridized carbons (Fsp3) is 0.200. The van der Waals surface area contributed by atoms with Gasteiger partial charge in [0.2, 0.25) is 0 Å². The zero-order valence-corrected chi connectivity index (χ0v) is 11.6. The number of hydrogen-bond donors (Lipinski definition) is 0. The van der Waals surface area contributed by atoms with Gasteiger partial charge < -0.3 is 4.74 Å². The molecule has 0 radical (unpaired) electrons. The van der Waals surface area contributed by atoms with E-state index in [9.17, 15) is 0 Å². The third-order valence-corrected chi connectivity index (χ3v) is 3.91. The van der Waals surface area contributed by atoms with Crippen LogP contribution < -0.4 is 4.74 Å². The van der Waals surface area contributed by atoms with Crippen LogP contribution in [0.25, 0.3) is 0 Å². The molecule has 17 heavy (non-hydrogen) atoms. The average Bonchev–Trinajstić information content (AvgIpc) is 2.34. The van der Waals surface area contributed by atoms with Gasteiger partial charge in [0.05, 0.1) is 0 Å². The SMILES string of the molecule is Cc1cc(OCc2ccccc2)cc(C)c1Br. The van der Waals surface area contributed by atoms with Gasteiger partial charge in [-0.1, -0.05) is 46.3 Å². The Labute approximate surface area is 111 Å². The van der Waals surface area contributed by atoms with Crippen LogP contribution in [0.2, 0.25) is 0 Å². The molecule has 0 unspecified atom stereocenters. The lowest BCUT2D eigenvalue weighted by atomic mass is 10.1. The Balaban J connectivity index is 2.10. The fourth-order valence-electron chi connectivity index (χ4n) is 1.73. The third-order valence-electron chi connectivity index (χ3n) is 2.66. The van der Waals surface area contributed by atoms with Crippen molar-refractivity contribution in [2.45, 2.75) is 20.5 Å². The van der Waals surface area contributed by atoms with Crippen molar-refractivity contribution in [3.63, 3.8) is 0 Å². The van der Waals surface area contributed by atoms with E-state index in [0.717, 1.165) is 10.2 Å². The number of ether oxygens (including phenoxy) is 1. The maximum Gasteiger partial charge on any atom is 0.120 e. The van der Waals surface area contributed by atoms with Gasteiger partial charge in [0.1, 0.15) is 12.4 Å². The summed E-state index contributed by atoms with van der Waals surface area (Å²) >= 11 is 3.55. The van der Waals surface area contributed by atoms with Gasteiger partial charge in [0, 0.05) is 4.47 Å². The fourth-order valence-corrected chi connectivity index (χ4v) is 1.96. The highest BCUT2D eigenvalue weighted by atomic mass is 79.9. The third kappa shape index (κ3) is 3.10. The minimum absolute atomic E-state index is 0.612. The summed E-state index contributed by atoms with van der Waals surface area (Å²) < 4.78 is 6.94. The highest BCUT2D eigenvalue weighted by Gasteiger charge is 2.03. The highest BCUT2D eigenvalue weighted by Crippen LogP contribution is 2.26. The van der Waals surface area contributed by atoms with Crippen molar-refractivity contribution in [2.75, 3.05) is 0 Å². The van der Waals surface area contributed by atoms with Crippen LogP contribution in [0.15, 0.2) is 46.9 Å². The van der Waals surface area contributed by atoms with Crippen molar-refractivity contribution in [1.82, 2.24) is 0 Å². The lowest BCUT2D eigenvalue weighted by Gasteiger charge is -2.10. The Bertz CT molecular complexity index is 483. The molecule has 0 N–H and O–H groups in total. The first-order valence-electron chi connectivity index (χ1n) is 5.60. The Morgan fingerprint density at radius 2 is 1.59 bits per heavy atom. The van der Waals surface area contributed by atoms with E-state index in [4.69, 9.17) is 4.74 Å². The number of benzene rings is 2. The Hall–Kier alpha value is -1.28. The van der Waals surface area contributed by atoms with Crippen LogP contribution in [0, 0.1) is 13.8 Å². The van der Waals surface area contributed by atoms with E-state index in [1.54, 1.807) is 0 Å². The van der Waals surface area contributed by atoms with Crippen LogP contribution in [-0.4, -0.2) is 0 Å². The number of rotatable bonds is 3. The van der Waals surface area contributed by atoms with E-state index in [1.165, 1.54) is 16.7 Å². The summed E-state index contributed by atoms with van der Waals surface area (Å²) in [7, 11) is 0. The molecule has 0 atom stereocenters. The van der Waals surface area contributed by atoms with Gasteiger partial charge in [-0.2, -0.15) is 0 Å². The van der Waals surface area contributed by atoms with Gasteiger partial charge >= 0.3 is 0 Å². The van der Waals surface area contributed by atoms with Gasteiger partial charge in [-0.3, -0.25) is 0 Å². The van der Waals surface area contributed by atoms with Crippen LogP contribution in [0.3, 0.4) is 0 Å². The molecule has 0 fully saturated rings. The standard InChI is InChI=1S/C15H15BrO/c1-11-8-14(9-12(2)15(11)16)17-10-13-6-4-3-5-7-13/h3-9H,10H2,1-2H3. The number of aryl methyl sites for hydroxylation is 2. The molecular formula is C15H15BrO. The number of hydrogen-bond acceptors (Lipinski definition) is 1.